The van der Waals surface area contributed by atoms with Crippen molar-refractivity contribution in [1.29, 1.82) is 0 Å². The number of alkyl halides is 3. The molecule has 0 fully saturated rings. The van der Waals surface area contributed by atoms with Crippen LogP contribution in [0.5, 0.6) is 5.75 Å². The standard InChI is InChI=1S/C17H15F5N2O2S/c1-16(2,3)27(25)24-14(15-11(18)5-4-8-23-15)10-6-7-13(12(19)9-10)26-17(20,21)22/h4-9H,1-3H3/b24-14-/t27-/m1/s1. The summed E-state index contributed by atoms with van der Waals surface area (Å²) in [5.41, 5.74) is -0.657. The van der Waals surface area contributed by atoms with Gasteiger partial charge in [-0.15, -0.1) is 13.2 Å². The summed E-state index contributed by atoms with van der Waals surface area (Å²) in [5.74, 6) is -3.20. The maximum Gasteiger partial charge on any atom is 0.573 e. The van der Waals surface area contributed by atoms with Gasteiger partial charge in [-0.25, -0.2) is 8.78 Å². The SMILES string of the molecule is CC(C)(C)[S@@+]([O-])/N=C(/c1ccc(OC(F)(F)F)c(F)c1)c1ncccc1F. The number of ether oxygens (including phenoxy) is 1. The van der Waals surface area contributed by atoms with E-state index in [1.54, 1.807) is 20.8 Å². The number of benzene rings is 1. The van der Waals surface area contributed by atoms with Crippen LogP contribution in [0.25, 0.3) is 0 Å². The molecule has 1 aromatic heterocycles. The second-order valence-corrected chi connectivity index (χ2v) is 8.23. The van der Waals surface area contributed by atoms with Gasteiger partial charge >= 0.3 is 6.36 Å². The summed E-state index contributed by atoms with van der Waals surface area (Å²) in [6.07, 6.45) is -3.81. The minimum Gasteiger partial charge on any atom is -0.591 e. The monoisotopic (exact) mass is 406 g/mol. The van der Waals surface area contributed by atoms with Crippen LogP contribution < -0.4 is 4.74 Å². The van der Waals surface area contributed by atoms with Crippen LogP contribution in [0.3, 0.4) is 0 Å². The number of hydrogen-bond acceptors (Lipinski definition) is 4. The van der Waals surface area contributed by atoms with Gasteiger partial charge in [0.1, 0.15) is 27.5 Å². The number of hydrogen-bond donors (Lipinski definition) is 0. The largest absolute Gasteiger partial charge is 0.591 e. The molecule has 0 saturated carbocycles. The number of aromatic nitrogens is 1. The molecule has 1 atom stereocenters. The first-order valence-electron chi connectivity index (χ1n) is 7.56. The third-order valence-electron chi connectivity index (χ3n) is 3.11. The van der Waals surface area contributed by atoms with E-state index in [1.807, 2.05) is 0 Å². The number of halogens is 5. The lowest BCUT2D eigenvalue weighted by atomic mass is 10.1. The van der Waals surface area contributed by atoms with Crippen molar-refractivity contribution in [3.63, 3.8) is 0 Å². The van der Waals surface area contributed by atoms with Crippen LogP contribution in [0, 0.1) is 11.6 Å². The van der Waals surface area contributed by atoms with Gasteiger partial charge in [0.2, 0.25) is 0 Å². The third kappa shape index (κ3) is 5.64. The van der Waals surface area contributed by atoms with Crippen LogP contribution in [0.2, 0.25) is 0 Å². The lowest BCUT2D eigenvalue weighted by molar-refractivity contribution is -0.275. The Bertz CT molecular complexity index is 850. The zero-order valence-corrected chi connectivity index (χ0v) is 15.3. The molecule has 4 nitrogen and oxygen atoms in total. The van der Waals surface area contributed by atoms with E-state index in [9.17, 15) is 26.5 Å². The van der Waals surface area contributed by atoms with E-state index in [4.69, 9.17) is 0 Å². The average molecular weight is 406 g/mol. The Balaban J connectivity index is 2.57. The van der Waals surface area contributed by atoms with Gasteiger partial charge in [0.05, 0.1) is 0 Å². The molecule has 0 saturated heterocycles. The molecule has 0 amide bonds. The van der Waals surface area contributed by atoms with Crippen molar-refractivity contribution < 1.29 is 31.2 Å². The van der Waals surface area contributed by atoms with Crippen LogP contribution >= 0.6 is 0 Å². The number of nitrogens with zero attached hydrogens (tertiary/aromatic N) is 2. The molecule has 0 bridgehead atoms. The molecule has 10 heteroatoms. The lowest BCUT2D eigenvalue weighted by Crippen LogP contribution is -2.27. The van der Waals surface area contributed by atoms with Gasteiger partial charge in [0, 0.05) is 11.8 Å². The van der Waals surface area contributed by atoms with Crippen molar-refractivity contribution in [1.82, 2.24) is 4.98 Å². The van der Waals surface area contributed by atoms with Crippen molar-refractivity contribution in [3.05, 3.63) is 59.4 Å². The molecule has 1 aromatic carbocycles. The Hall–Kier alpha value is -2.20. The van der Waals surface area contributed by atoms with Gasteiger partial charge in [0.15, 0.2) is 17.4 Å². The Morgan fingerprint density at radius 2 is 1.78 bits per heavy atom. The van der Waals surface area contributed by atoms with Gasteiger partial charge in [-0.2, -0.15) is 0 Å². The summed E-state index contributed by atoms with van der Waals surface area (Å²) >= 11 is -1.86. The molecule has 146 valence electrons. The molecule has 2 aromatic rings. The summed E-state index contributed by atoms with van der Waals surface area (Å²) in [7, 11) is 0. The number of pyridine rings is 1. The van der Waals surface area contributed by atoms with Crippen LogP contribution in [0.1, 0.15) is 32.0 Å². The third-order valence-corrected chi connectivity index (χ3v) is 4.51. The highest BCUT2D eigenvalue weighted by Crippen LogP contribution is 2.28. The summed E-state index contributed by atoms with van der Waals surface area (Å²) < 4.78 is 84.2. The zero-order valence-electron chi connectivity index (χ0n) is 14.5. The van der Waals surface area contributed by atoms with E-state index >= 15 is 0 Å². The fraction of sp³-hybridized carbons (Fsp3) is 0.294. The first-order valence-corrected chi connectivity index (χ1v) is 8.66. The smallest absolute Gasteiger partial charge is 0.573 e. The van der Waals surface area contributed by atoms with E-state index in [-0.39, 0.29) is 17.0 Å². The van der Waals surface area contributed by atoms with E-state index in [0.29, 0.717) is 6.07 Å². The first-order chi connectivity index (χ1) is 12.4. The summed E-state index contributed by atoms with van der Waals surface area (Å²) in [5, 5.41) is 0. The van der Waals surface area contributed by atoms with Gasteiger partial charge in [-0.05, 0) is 51.1 Å². The summed E-state index contributed by atoms with van der Waals surface area (Å²) in [6.45, 7) is 4.87. The van der Waals surface area contributed by atoms with Crippen LogP contribution in [0.15, 0.2) is 40.9 Å². The second kappa shape index (κ2) is 7.81. The Morgan fingerprint density at radius 3 is 2.30 bits per heavy atom. The van der Waals surface area contributed by atoms with Crippen molar-refractivity contribution in [2.24, 2.45) is 4.40 Å². The van der Waals surface area contributed by atoms with Crippen LogP contribution in [-0.2, 0) is 11.4 Å². The molecular weight excluding hydrogens is 391 g/mol. The van der Waals surface area contributed by atoms with Crippen molar-refractivity contribution in [2.75, 3.05) is 0 Å². The van der Waals surface area contributed by atoms with Crippen molar-refractivity contribution in [3.8, 4) is 5.75 Å². The maximum absolute atomic E-state index is 14.2. The molecular formula is C17H15F5N2O2S. The maximum atomic E-state index is 14.2. The fourth-order valence-electron chi connectivity index (χ4n) is 1.87. The topological polar surface area (TPSA) is 57.5 Å². The van der Waals surface area contributed by atoms with E-state index < -0.39 is 39.9 Å². The van der Waals surface area contributed by atoms with E-state index in [0.717, 1.165) is 18.2 Å². The van der Waals surface area contributed by atoms with Gasteiger partial charge in [0.25, 0.3) is 0 Å². The fourth-order valence-corrected chi connectivity index (χ4v) is 2.50. The number of rotatable bonds is 4. The lowest BCUT2D eigenvalue weighted by Gasteiger charge is -2.19. The van der Waals surface area contributed by atoms with Gasteiger partial charge in [-0.3, -0.25) is 4.98 Å². The van der Waals surface area contributed by atoms with Crippen LogP contribution in [0.4, 0.5) is 22.0 Å². The molecule has 0 N–H and O–H groups in total. The predicted octanol–water partition coefficient (Wildman–Crippen LogP) is 4.56. The highest BCUT2D eigenvalue weighted by molar-refractivity contribution is 7.91. The summed E-state index contributed by atoms with van der Waals surface area (Å²) in [4.78, 5) is 3.83. The second-order valence-electron chi connectivity index (χ2n) is 6.33. The van der Waals surface area contributed by atoms with Gasteiger partial charge < -0.3 is 9.29 Å². The molecule has 1 heterocycles. The highest BCUT2D eigenvalue weighted by atomic mass is 32.2. The molecule has 0 radical (unpaired) electrons. The molecule has 0 unspecified atom stereocenters. The van der Waals surface area contributed by atoms with Crippen LogP contribution in [-0.4, -0.2) is 26.4 Å². The average Bonchev–Trinajstić information content (AvgIpc) is 2.53. The van der Waals surface area contributed by atoms with Crippen molar-refractivity contribution >= 4 is 17.1 Å². The zero-order chi connectivity index (χ0) is 20.4. The van der Waals surface area contributed by atoms with E-state index in [1.165, 1.54) is 12.3 Å². The predicted molar refractivity (Wildman–Crippen MR) is 90.8 cm³/mol. The molecule has 0 spiro atoms. The summed E-state index contributed by atoms with van der Waals surface area (Å²) in [6, 6.07) is 4.87. The molecule has 2 rings (SSSR count). The molecule has 0 aliphatic carbocycles. The van der Waals surface area contributed by atoms with Gasteiger partial charge in [-0.1, -0.05) is 4.40 Å². The molecule has 27 heavy (non-hydrogen) atoms. The minimum atomic E-state index is -5.07. The normalized spacial score (nSPS) is 14.2. The minimum absolute atomic E-state index is 0.0998. The molecule has 0 aliphatic rings. The van der Waals surface area contributed by atoms with E-state index in [2.05, 4.69) is 14.1 Å². The first kappa shape index (κ1) is 21.1. The highest BCUT2D eigenvalue weighted by Gasteiger charge is 2.33. The Labute approximate surface area is 155 Å². The van der Waals surface area contributed by atoms with Crippen molar-refractivity contribution in [2.45, 2.75) is 31.9 Å². The molecule has 0 aliphatic heterocycles. The quantitative estimate of drug-likeness (QED) is 0.425. The Morgan fingerprint density at radius 1 is 1.11 bits per heavy atom. The Kier molecular flexibility index (Phi) is 6.10.